The number of carbonyl (C=O) groups is 2. The van der Waals surface area contributed by atoms with Crippen LogP contribution >= 0.6 is 11.6 Å². The van der Waals surface area contributed by atoms with Gasteiger partial charge in [-0.2, -0.15) is 23.4 Å². The Morgan fingerprint density at radius 2 is 1.95 bits per heavy atom. The summed E-state index contributed by atoms with van der Waals surface area (Å²) in [5, 5.41) is 16.2. The number of rotatable bonds is 6. The third-order valence-electron chi connectivity index (χ3n) is 5.51. The first-order valence-corrected chi connectivity index (χ1v) is 11.9. The summed E-state index contributed by atoms with van der Waals surface area (Å²) in [6, 6.07) is 6.61. The van der Waals surface area contributed by atoms with Gasteiger partial charge in [0.15, 0.2) is 11.5 Å². The van der Waals surface area contributed by atoms with Gasteiger partial charge in [0.25, 0.3) is 11.8 Å². The van der Waals surface area contributed by atoms with Gasteiger partial charge in [-0.25, -0.2) is 9.67 Å². The van der Waals surface area contributed by atoms with E-state index >= 15 is 0 Å². The molecule has 194 valence electrons. The number of halogens is 4. The van der Waals surface area contributed by atoms with Crippen molar-refractivity contribution in [1.82, 2.24) is 30.3 Å². The standard InChI is InChI=1S/C22H17ClF3N7O2.C2H6/c23-13-2-1-7-27-19(13)33-15(8-16(32-33)22(24,25)26)20(34)30-14-6-5-12-10-29-31-18(12)17(14)21(35)28-9-11-3-4-11;1-2/h1-2,5-8,10-11H,3-4,9H2,(H,28,35)(H,29,31)(H,30,34);1-2H3. The van der Waals surface area contributed by atoms with Crippen molar-refractivity contribution in [3.05, 3.63) is 64.7 Å². The zero-order valence-electron chi connectivity index (χ0n) is 19.9. The molecule has 1 aliphatic rings. The molecule has 3 N–H and O–H groups in total. The van der Waals surface area contributed by atoms with Crippen molar-refractivity contribution in [3.63, 3.8) is 0 Å². The highest BCUT2D eigenvalue weighted by Gasteiger charge is 2.37. The number of carbonyl (C=O) groups excluding carboxylic acids is 2. The largest absolute Gasteiger partial charge is 0.435 e. The number of aromatic nitrogens is 5. The van der Waals surface area contributed by atoms with E-state index < -0.39 is 29.4 Å². The molecule has 9 nitrogen and oxygen atoms in total. The van der Waals surface area contributed by atoms with Crippen molar-refractivity contribution >= 4 is 40.0 Å². The van der Waals surface area contributed by atoms with Crippen LogP contribution in [-0.4, -0.2) is 43.3 Å². The normalized spacial score (nSPS) is 13.1. The highest BCUT2D eigenvalue weighted by Crippen LogP contribution is 2.32. The monoisotopic (exact) mass is 533 g/mol. The number of amides is 2. The van der Waals surface area contributed by atoms with E-state index in [1.807, 2.05) is 13.8 Å². The van der Waals surface area contributed by atoms with E-state index in [1.165, 1.54) is 30.6 Å². The fraction of sp³-hybridized carbons (Fsp3) is 0.292. The lowest BCUT2D eigenvalue weighted by atomic mass is 10.1. The predicted octanol–water partition coefficient (Wildman–Crippen LogP) is 5.23. The second-order valence-electron chi connectivity index (χ2n) is 8.06. The second-order valence-corrected chi connectivity index (χ2v) is 8.47. The zero-order chi connectivity index (χ0) is 26.7. The number of nitrogens with zero attached hydrogens (tertiary/aromatic N) is 4. The van der Waals surface area contributed by atoms with Crippen molar-refractivity contribution in [2.24, 2.45) is 5.92 Å². The second kappa shape index (κ2) is 10.6. The minimum absolute atomic E-state index is 0.00241. The first-order valence-electron chi connectivity index (χ1n) is 11.6. The van der Waals surface area contributed by atoms with Gasteiger partial charge in [0.2, 0.25) is 0 Å². The van der Waals surface area contributed by atoms with Crippen LogP contribution in [0.25, 0.3) is 16.7 Å². The third kappa shape index (κ3) is 5.58. The summed E-state index contributed by atoms with van der Waals surface area (Å²) in [7, 11) is 0. The Kier molecular flexibility index (Phi) is 7.48. The SMILES string of the molecule is CC.O=C(NCC1CC1)c1c(NC(=O)c2cc(C(F)(F)F)nn2-c2ncccc2Cl)ccc2cn[nH]c12. The van der Waals surface area contributed by atoms with Gasteiger partial charge in [0.1, 0.15) is 5.69 Å². The van der Waals surface area contributed by atoms with Gasteiger partial charge in [-0.15, -0.1) is 0 Å². The molecule has 1 aliphatic carbocycles. The van der Waals surface area contributed by atoms with E-state index in [4.69, 9.17) is 11.6 Å². The molecule has 1 fully saturated rings. The highest BCUT2D eigenvalue weighted by atomic mass is 35.5. The first-order chi connectivity index (χ1) is 17.7. The fourth-order valence-electron chi connectivity index (χ4n) is 3.56. The van der Waals surface area contributed by atoms with Crippen LogP contribution in [0.2, 0.25) is 5.02 Å². The molecule has 37 heavy (non-hydrogen) atoms. The van der Waals surface area contributed by atoms with E-state index in [0.29, 0.717) is 29.4 Å². The van der Waals surface area contributed by atoms with E-state index in [1.54, 1.807) is 6.07 Å². The number of pyridine rings is 1. The lowest BCUT2D eigenvalue weighted by Gasteiger charge is -2.13. The highest BCUT2D eigenvalue weighted by molar-refractivity contribution is 6.32. The molecule has 4 aromatic rings. The Morgan fingerprint density at radius 3 is 2.62 bits per heavy atom. The molecular formula is C24H23ClF3N7O2. The van der Waals surface area contributed by atoms with E-state index in [0.717, 1.165) is 17.5 Å². The van der Waals surface area contributed by atoms with Gasteiger partial charge < -0.3 is 10.6 Å². The number of alkyl halides is 3. The van der Waals surface area contributed by atoms with Gasteiger partial charge >= 0.3 is 6.18 Å². The zero-order valence-corrected chi connectivity index (χ0v) is 20.6. The molecule has 3 aromatic heterocycles. The van der Waals surface area contributed by atoms with Crippen molar-refractivity contribution in [3.8, 4) is 5.82 Å². The van der Waals surface area contributed by atoms with Crippen LogP contribution in [0.3, 0.4) is 0 Å². The molecule has 0 atom stereocenters. The van der Waals surface area contributed by atoms with Crippen molar-refractivity contribution in [2.45, 2.75) is 32.9 Å². The van der Waals surface area contributed by atoms with E-state index in [2.05, 4.69) is 30.9 Å². The van der Waals surface area contributed by atoms with Gasteiger partial charge in [-0.1, -0.05) is 25.4 Å². The van der Waals surface area contributed by atoms with Gasteiger partial charge in [-0.3, -0.25) is 14.7 Å². The molecule has 1 aromatic carbocycles. The molecule has 0 saturated heterocycles. The Bertz CT molecular complexity index is 1440. The van der Waals surface area contributed by atoms with Gasteiger partial charge in [0.05, 0.1) is 28.0 Å². The number of anilines is 1. The molecule has 3 heterocycles. The summed E-state index contributed by atoms with van der Waals surface area (Å²) in [6.07, 6.45) is 0.0718. The average Bonchev–Trinajstić information content (AvgIpc) is 3.38. The Labute approximate surface area is 214 Å². The van der Waals surface area contributed by atoms with Crippen LogP contribution < -0.4 is 10.6 Å². The number of hydrogen-bond acceptors (Lipinski definition) is 5. The molecular weight excluding hydrogens is 511 g/mol. The average molecular weight is 534 g/mol. The van der Waals surface area contributed by atoms with Crippen LogP contribution in [0, 0.1) is 5.92 Å². The van der Waals surface area contributed by atoms with E-state index in [9.17, 15) is 22.8 Å². The Morgan fingerprint density at radius 1 is 1.19 bits per heavy atom. The minimum atomic E-state index is -4.82. The van der Waals surface area contributed by atoms with Gasteiger partial charge in [-0.05, 0) is 43.0 Å². The molecule has 0 spiro atoms. The van der Waals surface area contributed by atoms with Crippen LogP contribution in [0.5, 0.6) is 0 Å². The van der Waals surface area contributed by atoms with Crippen molar-refractivity contribution in [2.75, 3.05) is 11.9 Å². The summed E-state index contributed by atoms with van der Waals surface area (Å²) in [5.74, 6) is -1.12. The van der Waals surface area contributed by atoms with E-state index in [-0.39, 0.29) is 22.1 Å². The topological polar surface area (TPSA) is 118 Å². The summed E-state index contributed by atoms with van der Waals surface area (Å²) >= 11 is 6.10. The fourth-order valence-corrected chi connectivity index (χ4v) is 3.76. The quantitative estimate of drug-likeness (QED) is 0.313. The van der Waals surface area contributed by atoms with Crippen LogP contribution in [0.15, 0.2) is 42.7 Å². The lowest BCUT2D eigenvalue weighted by molar-refractivity contribution is -0.141. The molecule has 1 saturated carbocycles. The first kappa shape index (κ1) is 26.1. The Balaban J connectivity index is 0.00000156. The van der Waals surface area contributed by atoms with Crippen LogP contribution in [0.1, 0.15) is 53.2 Å². The van der Waals surface area contributed by atoms with Crippen LogP contribution in [0.4, 0.5) is 18.9 Å². The van der Waals surface area contributed by atoms with Gasteiger partial charge in [0, 0.05) is 24.2 Å². The maximum atomic E-state index is 13.4. The summed E-state index contributed by atoms with van der Waals surface area (Å²) < 4.78 is 41.0. The molecule has 13 heteroatoms. The minimum Gasteiger partial charge on any atom is -0.352 e. The maximum Gasteiger partial charge on any atom is 0.435 e. The number of H-pyrrole nitrogens is 1. The lowest BCUT2D eigenvalue weighted by Crippen LogP contribution is -2.27. The number of fused-ring (bicyclic) bond motifs is 1. The number of hydrogen-bond donors (Lipinski definition) is 3. The van der Waals surface area contributed by atoms with Crippen molar-refractivity contribution < 1.29 is 22.8 Å². The maximum absolute atomic E-state index is 13.4. The molecule has 0 unspecified atom stereocenters. The molecule has 0 aliphatic heterocycles. The number of aromatic amines is 1. The van der Waals surface area contributed by atoms with Crippen molar-refractivity contribution in [1.29, 1.82) is 0 Å². The van der Waals surface area contributed by atoms with Crippen LogP contribution in [-0.2, 0) is 6.18 Å². The Hall–Kier alpha value is -3.93. The molecule has 0 radical (unpaired) electrons. The summed E-state index contributed by atoms with van der Waals surface area (Å²) in [5.41, 5.74) is -1.17. The summed E-state index contributed by atoms with van der Waals surface area (Å²) in [6.45, 7) is 4.48. The molecule has 5 rings (SSSR count). The molecule has 0 bridgehead atoms. The number of benzene rings is 1. The number of nitrogens with one attached hydrogen (secondary N) is 3. The summed E-state index contributed by atoms with van der Waals surface area (Å²) in [4.78, 5) is 30.2. The molecule has 2 amide bonds. The predicted molar refractivity (Wildman–Crippen MR) is 132 cm³/mol. The third-order valence-corrected chi connectivity index (χ3v) is 5.81. The smallest absolute Gasteiger partial charge is 0.352 e.